The Hall–Kier alpha value is -2.02. The van der Waals surface area contributed by atoms with Gasteiger partial charge < -0.3 is 4.74 Å². The largest absolute Gasteiger partial charge is 0.442 e. The van der Waals surface area contributed by atoms with E-state index < -0.39 is 0 Å². The summed E-state index contributed by atoms with van der Waals surface area (Å²) in [5, 5.41) is 7.83. The maximum atomic E-state index is 12.4. The molecule has 0 saturated carbocycles. The van der Waals surface area contributed by atoms with Crippen LogP contribution < -0.4 is 4.90 Å². The number of rotatable bonds is 3. The fourth-order valence-electron chi connectivity index (χ4n) is 4.25. The molecular formula is C18H20N4O2S. The molecular weight excluding hydrogens is 336 g/mol. The van der Waals surface area contributed by atoms with Gasteiger partial charge >= 0.3 is 6.09 Å². The summed E-state index contributed by atoms with van der Waals surface area (Å²) in [7, 11) is 0. The number of ether oxygens (including phenoxy) is 1. The number of benzene rings is 1. The van der Waals surface area contributed by atoms with E-state index >= 15 is 0 Å². The Labute approximate surface area is 150 Å². The van der Waals surface area contributed by atoms with Gasteiger partial charge in [-0.05, 0) is 53.9 Å². The first-order valence-corrected chi connectivity index (χ1v) is 9.99. The third-order valence-electron chi connectivity index (χ3n) is 5.53. The van der Waals surface area contributed by atoms with Crippen LogP contribution in [-0.4, -0.2) is 44.7 Å². The summed E-state index contributed by atoms with van der Waals surface area (Å²) in [5.41, 5.74) is 3.73. The summed E-state index contributed by atoms with van der Waals surface area (Å²) in [6.07, 6.45) is 6.40. The van der Waals surface area contributed by atoms with Crippen molar-refractivity contribution in [3.05, 3.63) is 41.7 Å². The average molecular weight is 356 g/mol. The first-order chi connectivity index (χ1) is 12.3. The fourth-order valence-corrected chi connectivity index (χ4v) is 5.36. The molecule has 3 aliphatic heterocycles. The van der Waals surface area contributed by atoms with Gasteiger partial charge in [-0.1, -0.05) is 17.3 Å². The van der Waals surface area contributed by atoms with Crippen molar-refractivity contribution in [3.63, 3.8) is 0 Å². The lowest BCUT2D eigenvalue weighted by Crippen LogP contribution is -2.35. The van der Waals surface area contributed by atoms with Crippen LogP contribution >= 0.6 is 11.8 Å². The number of cyclic esters (lactones) is 1. The molecule has 3 aliphatic rings. The molecule has 2 atom stereocenters. The van der Waals surface area contributed by atoms with Crippen molar-refractivity contribution in [3.8, 4) is 0 Å². The summed E-state index contributed by atoms with van der Waals surface area (Å²) in [6, 6.07) is 6.71. The van der Waals surface area contributed by atoms with E-state index in [0.717, 1.165) is 12.1 Å². The molecule has 0 N–H and O–H groups in total. The van der Waals surface area contributed by atoms with Gasteiger partial charge in [0.2, 0.25) is 0 Å². The molecule has 0 aliphatic carbocycles. The zero-order chi connectivity index (χ0) is 16.8. The zero-order valence-electron chi connectivity index (χ0n) is 13.9. The van der Waals surface area contributed by atoms with Crippen LogP contribution in [0.4, 0.5) is 10.5 Å². The van der Waals surface area contributed by atoms with Crippen LogP contribution in [0.25, 0.3) is 0 Å². The number of thioether (sulfide) groups is 1. The second kappa shape index (κ2) is 6.05. The van der Waals surface area contributed by atoms with Gasteiger partial charge in [0.1, 0.15) is 6.10 Å². The summed E-state index contributed by atoms with van der Waals surface area (Å²) < 4.78 is 7.33. The highest BCUT2D eigenvalue weighted by atomic mass is 32.2. The molecule has 6 nitrogen and oxygen atoms in total. The van der Waals surface area contributed by atoms with E-state index in [1.54, 1.807) is 17.1 Å². The molecule has 25 heavy (non-hydrogen) atoms. The molecule has 2 unspecified atom stereocenters. The molecule has 1 aromatic heterocycles. The van der Waals surface area contributed by atoms with E-state index in [2.05, 4.69) is 40.3 Å². The molecule has 5 rings (SSSR count). The van der Waals surface area contributed by atoms with Gasteiger partial charge in [0.05, 0.1) is 24.5 Å². The summed E-state index contributed by atoms with van der Waals surface area (Å²) in [5.74, 6) is 3.17. The minimum Gasteiger partial charge on any atom is -0.442 e. The van der Waals surface area contributed by atoms with E-state index in [1.807, 2.05) is 4.90 Å². The lowest BCUT2D eigenvalue weighted by Gasteiger charge is -2.22. The van der Waals surface area contributed by atoms with E-state index in [9.17, 15) is 4.79 Å². The normalized spacial score (nSPS) is 25.8. The number of carbonyl (C=O) groups is 1. The van der Waals surface area contributed by atoms with Crippen molar-refractivity contribution >= 4 is 23.5 Å². The van der Waals surface area contributed by atoms with Crippen LogP contribution in [0.15, 0.2) is 30.6 Å². The monoisotopic (exact) mass is 356 g/mol. The van der Waals surface area contributed by atoms with Gasteiger partial charge in [-0.15, -0.1) is 5.10 Å². The van der Waals surface area contributed by atoms with Gasteiger partial charge in [-0.25, -0.2) is 9.48 Å². The molecule has 7 heteroatoms. The topological polar surface area (TPSA) is 60.3 Å². The second-order valence-electron chi connectivity index (χ2n) is 6.96. The number of amides is 1. The average Bonchev–Trinajstić information content (AvgIpc) is 3.34. The highest BCUT2D eigenvalue weighted by molar-refractivity contribution is 7.99. The van der Waals surface area contributed by atoms with Gasteiger partial charge in [0.25, 0.3) is 0 Å². The predicted octanol–water partition coefficient (Wildman–Crippen LogP) is 2.84. The number of carbonyl (C=O) groups excluding carboxylic acids is 1. The first-order valence-electron chi connectivity index (χ1n) is 8.84. The second-order valence-corrected chi connectivity index (χ2v) is 8.19. The lowest BCUT2D eigenvalue weighted by molar-refractivity contribution is 0.117. The summed E-state index contributed by atoms with van der Waals surface area (Å²) >= 11 is 2.05. The lowest BCUT2D eigenvalue weighted by atomic mass is 9.91. The Kier molecular flexibility index (Phi) is 3.69. The third-order valence-corrected chi connectivity index (χ3v) is 6.58. The van der Waals surface area contributed by atoms with Crippen LogP contribution in [0.5, 0.6) is 0 Å². The van der Waals surface area contributed by atoms with Gasteiger partial charge in [0, 0.05) is 6.20 Å². The quantitative estimate of drug-likeness (QED) is 0.846. The van der Waals surface area contributed by atoms with Crippen LogP contribution in [0.1, 0.15) is 29.9 Å². The van der Waals surface area contributed by atoms with Crippen molar-refractivity contribution in [2.75, 3.05) is 16.4 Å². The minimum atomic E-state index is -0.240. The van der Waals surface area contributed by atoms with Gasteiger partial charge in [-0.2, -0.15) is 11.8 Å². The molecule has 2 aromatic rings. The van der Waals surface area contributed by atoms with Crippen molar-refractivity contribution in [2.24, 2.45) is 0 Å². The number of hydrogen-bond donors (Lipinski definition) is 0. The molecule has 130 valence electrons. The SMILES string of the molecule is O=C1OC(Cn2ccnn2)C2Cc3cc(C4CCSCC4)ccc3N12. The Morgan fingerprint density at radius 1 is 1.28 bits per heavy atom. The number of aromatic nitrogens is 3. The van der Waals surface area contributed by atoms with E-state index in [-0.39, 0.29) is 18.2 Å². The van der Waals surface area contributed by atoms with Crippen molar-refractivity contribution in [1.29, 1.82) is 0 Å². The van der Waals surface area contributed by atoms with Gasteiger partial charge in [-0.3, -0.25) is 4.90 Å². The van der Waals surface area contributed by atoms with Crippen LogP contribution in [0.3, 0.4) is 0 Å². The predicted molar refractivity (Wildman–Crippen MR) is 96.0 cm³/mol. The van der Waals surface area contributed by atoms with Crippen molar-refractivity contribution < 1.29 is 9.53 Å². The Morgan fingerprint density at radius 2 is 2.16 bits per heavy atom. The molecule has 2 saturated heterocycles. The zero-order valence-corrected chi connectivity index (χ0v) is 14.7. The number of anilines is 1. The van der Waals surface area contributed by atoms with Gasteiger partial charge in [0.15, 0.2) is 0 Å². The molecule has 1 aromatic carbocycles. The number of nitrogens with zero attached hydrogens (tertiary/aromatic N) is 4. The fraction of sp³-hybridized carbons (Fsp3) is 0.500. The Bertz CT molecular complexity index is 788. The van der Waals surface area contributed by atoms with Crippen LogP contribution in [0.2, 0.25) is 0 Å². The third kappa shape index (κ3) is 2.61. The van der Waals surface area contributed by atoms with E-state index in [1.165, 1.54) is 35.5 Å². The van der Waals surface area contributed by atoms with E-state index in [0.29, 0.717) is 12.5 Å². The number of hydrogen-bond acceptors (Lipinski definition) is 5. The standard InChI is InChI=1S/C18H20N4O2S/c23-18-22-15-2-1-13(12-3-7-25-8-4-12)9-14(15)10-16(22)17(24-18)11-21-6-5-19-20-21/h1-2,5-6,9,12,16-17H,3-4,7-8,10-11H2. The maximum Gasteiger partial charge on any atom is 0.415 e. The molecule has 4 heterocycles. The first kappa shape index (κ1) is 15.3. The molecule has 0 spiro atoms. The number of fused-ring (bicyclic) bond motifs is 3. The Balaban J connectivity index is 1.40. The van der Waals surface area contributed by atoms with E-state index in [4.69, 9.17) is 4.74 Å². The molecule has 2 fully saturated rings. The van der Waals surface area contributed by atoms with Crippen molar-refractivity contribution in [1.82, 2.24) is 15.0 Å². The Morgan fingerprint density at radius 3 is 2.96 bits per heavy atom. The van der Waals surface area contributed by atoms with Crippen LogP contribution in [-0.2, 0) is 17.7 Å². The van der Waals surface area contributed by atoms with Crippen LogP contribution in [0, 0.1) is 0 Å². The molecule has 0 radical (unpaired) electrons. The smallest absolute Gasteiger partial charge is 0.415 e. The maximum absolute atomic E-state index is 12.4. The highest BCUT2D eigenvalue weighted by Gasteiger charge is 2.47. The highest BCUT2D eigenvalue weighted by Crippen LogP contribution is 2.41. The van der Waals surface area contributed by atoms with Crippen molar-refractivity contribution in [2.45, 2.75) is 43.9 Å². The molecule has 1 amide bonds. The molecule has 0 bridgehead atoms. The minimum absolute atomic E-state index is 0.0591. The summed E-state index contributed by atoms with van der Waals surface area (Å²) in [6.45, 7) is 0.549. The summed E-state index contributed by atoms with van der Waals surface area (Å²) in [4.78, 5) is 14.2.